The molecule has 1 saturated carbocycles. The molecule has 0 aromatic carbocycles. The number of nitrogens with zero attached hydrogens (tertiary/aromatic N) is 4. The highest BCUT2D eigenvalue weighted by atomic mass is 16.2. The molecule has 2 fully saturated rings. The second-order valence-corrected chi connectivity index (χ2v) is 5.86. The van der Waals surface area contributed by atoms with Crippen LogP contribution in [0.25, 0.3) is 0 Å². The van der Waals surface area contributed by atoms with Crippen molar-refractivity contribution < 1.29 is 9.59 Å². The molecule has 0 unspecified atom stereocenters. The molecule has 1 aromatic rings. The van der Waals surface area contributed by atoms with Crippen molar-refractivity contribution in [3.8, 4) is 0 Å². The molecule has 0 bridgehead atoms. The van der Waals surface area contributed by atoms with Crippen LogP contribution in [0.3, 0.4) is 0 Å². The van der Waals surface area contributed by atoms with Crippen LogP contribution in [0.2, 0.25) is 0 Å². The number of hydrogen-bond donors (Lipinski definition) is 1. The van der Waals surface area contributed by atoms with Gasteiger partial charge in [-0.05, 0) is 32.1 Å². The van der Waals surface area contributed by atoms with Crippen molar-refractivity contribution in [3.63, 3.8) is 0 Å². The van der Waals surface area contributed by atoms with Crippen molar-refractivity contribution in [3.05, 3.63) is 6.20 Å². The lowest BCUT2D eigenvalue weighted by atomic mass is 9.85. The molecule has 114 valence electrons. The average Bonchev–Trinajstić information content (AvgIpc) is 2.84. The van der Waals surface area contributed by atoms with Gasteiger partial charge in [-0.3, -0.25) is 9.59 Å². The summed E-state index contributed by atoms with van der Waals surface area (Å²) in [5.41, 5.74) is 0. The number of carbonyl (C=O) groups excluding carboxylic acids is 2. The number of nitrogens with one attached hydrogen (secondary N) is 1. The molecule has 0 atom stereocenters. The van der Waals surface area contributed by atoms with Crippen LogP contribution in [0, 0.1) is 5.92 Å². The van der Waals surface area contributed by atoms with E-state index in [1.807, 2.05) is 4.90 Å². The van der Waals surface area contributed by atoms with Crippen molar-refractivity contribution in [1.29, 1.82) is 0 Å². The third-order valence-electron chi connectivity index (χ3n) is 4.27. The zero-order chi connectivity index (χ0) is 14.7. The molecule has 1 aliphatic heterocycles. The number of hydrogen-bond acceptors (Lipinski definition) is 4. The van der Waals surface area contributed by atoms with Crippen molar-refractivity contribution in [2.75, 3.05) is 18.4 Å². The standard InChI is InChI=1S/C14H21N5O2/c20-13(18-7-2-1-3-8-18)10-19-9-12(16-17-19)15-14(21)11-5-4-6-11/h9,11H,1-8,10H2,(H,15,21). The lowest BCUT2D eigenvalue weighted by molar-refractivity contribution is -0.133. The van der Waals surface area contributed by atoms with Gasteiger partial charge in [-0.2, -0.15) is 0 Å². The highest BCUT2D eigenvalue weighted by Gasteiger charge is 2.26. The molecule has 0 spiro atoms. The van der Waals surface area contributed by atoms with Gasteiger partial charge in [0.25, 0.3) is 0 Å². The van der Waals surface area contributed by atoms with Crippen LogP contribution in [0.15, 0.2) is 6.20 Å². The fourth-order valence-corrected chi connectivity index (χ4v) is 2.71. The molecule has 1 saturated heterocycles. The number of carbonyl (C=O) groups is 2. The smallest absolute Gasteiger partial charge is 0.244 e. The highest BCUT2D eigenvalue weighted by Crippen LogP contribution is 2.27. The van der Waals surface area contributed by atoms with Gasteiger partial charge in [-0.1, -0.05) is 11.6 Å². The number of anilines is 1. The van der Waals surface area contributed by atoms with Gasteiger partial charge in [0.2, 0.25) is 11.8 Å². The minimum Gasteiger partial charge on any atom is -0.341 e. The Labute approximate surface area is 123 Å². The zero-order valence-corrected chi connectivity index (χ0v) is 12.1. The fourth-order valence-electron chi connectivity index (χ4n) is 2.71. The minimum atomic E-state index is 0.00987. The van der Waals surface area contributed by atoms with Gasteiger partial charge in [-0.25, -0.2) is 4.68 Å². The molecule has 2 amide bonds. The molecular weight excluding hydrogens is 270 g/mol. The summed E-state index contributed by atoms with van der Waals surface area (Å²) < 4.78 is 1.49. The summed E-state index contributed by atoms with van der Waals surface area (Å²) in [6, 6.07) is 0. The first-order valence-corrected chi connectivity index (χ1v) is 7.71. The van der Waals surface area contributed by atoms with Gasteiger partial charge >= 0.3 is 0 Å². The van der Waals surface area contributed by atoms with Crippen molar-refractivity contribution >= 4 is 17.6 Å². The molecule has 1 N–H and O–H groups in total. The van der Waals surface area contributed by atoms with E-state index in [0.717, 1.165) is 45.2 Å². The monoisotopic (exact) mass is 291 g/mol. The molecule has 7 heteroatoms. The second-order valence-electron chi connectivity index (χ2n) is 5.86. The van der Waals surface area contributed by atoms with Crippen LogP contribution in [-0.2, 0) is 16.1 Å². The van der Waals surface area contributed by atoms with Gasteiger partial charge in [0, 0.05) is 19.0 Å². The lowest BCUT2D eigenvalue weighted by Gasteiger charge is -2.26. The predicted octanol–water partition coefficient (Wildman–Crippen LogP) is 1.03. The molecule has 1 aromatic heterocycles. The minimum absolute atomic E-state index is 0.00987. The Kier molecular flexibility index (Phi) is 4.17. The first-order valence-electron chi connectivity index (χ1n) is 7.71. The maximum absolute atomic E-state index is 12.1. The number of aromatic nitrogens is 3. The molecule has 1 aliphatic carbocycles. The van der Waals surface area contributed by atoms with Gasteiger partial charge in [0.15, 0.2) is 5.82 Å². The highest BCUT2D eigenvalue weighted by molar-refractivity contribution is 5.92. The predicted molar refractivity (Wildman–Crippen MR) is 76.4 cm³/mol. The van der Waals surface area contributed by atoms with Gasteiger partial charge in [0.1, 0.15) is 6.54 Å². The summed E-state index contributed by atoms with van der Waals surface area (Å²) in [4.78, 5) is 25.8. The fraction of sp³-hybridized carbons (Fsp3) is 0.714. The first-order chi connectivity index (χ1) is 10.2. The Morgan fingerprint density at radius 2 is 1.95 bits per heavy atom. The quantitative estimate of drug-likeness (QED) is 0.898. The number of amides is 2. The SMILES string of the molecule is O=C(Nc1cn(CC(=O)N2CCCCC2)nn1)C1CCC1. The molecule has 3 rings (SSSR count). The molecule has 7 nitrogen and oxygen atoms in total. The Morgan fingerprint density at radius 1 is 1.19 bits per heavy atom. The van der Waals surface area contributed by atoms with Crippen LogP contribution >= 0.6 is 0 Å². The van der Waals surface area contributed by atoms with Gasteiger partial charge in [0.05, 0.1) is 6.20 Å². The Bertz CT molecular complexity index is 517. The summed E-state index contributed by atoms with van der Waals surface area (Å²) in [7, 11) is 0. The van der Waals surface area contributed by atoms with E-state index in [4.69, 9.17) is 0 Å². The first kappa shape index (κ1) is 14.0. The zero-order valence-electron chi connectivity index (χ0n) is 12.1. The maximum atomic E-state index is 12.1. The van der Waals surface area contributed by atoms with Crippen LogP contribution in [0.4, 0.5) is 5.82 Å². The van der Waals surface area contributed by atoms with E-state index in [1.165, 1.54) is 11.1 Å². The van der Waals surface area contributed by atoms with E-state index in [-0.39, 0.29) is 24.3 Å². The number of likely N-dealkylation sites (tertiary alicyclic amines) is 1. The lowest BCUT2D eigenvalue weighted by Crippen LogP contribution is -2.37. The summed E-state index contributed by atoms with van der Waals surface area (Å²) in [6.45, 7) is 1.85. The third kappa shape index (κ3) is 3.40. The summed E-state index contributed by atoms with van der Waals surface area (Å²) in [5.74, 6) is 0.621. The van der Waals surface area contributed by atoms with E-state index in [1.54, 1.807) is 6.20 Å². The summed E-state index contributed by atoms with van der Waals surface area (Å²) in [6.07, 6.45) is 8.00. The largest absolute Gasteiger partial charge is 0.341 e. The van der Waals surface area contributed by atoms with Crippen molar-refractivity contribution in [2.24, 2.45) is 5.92 Å². The normalized spacial score (nSPS) is 19.1. The van der Waals surface area contributed by atoms with E-state index >= 15 is 0 Å². The third-order valence-corrected chi connectivity index (χ3v) is 4.27. The van der Waals surface area contributed by atoms with E-state index in [9.17, 15) is 9.59 Å². The second kappa shape index (κ2) is 6.24. The summed E-state index contributed by atoms with van der Waals surface area (Å²) >= 11 is 0. The molecule has 0 radical (unpaired) electrons. The number of rotatable bonds is 4. The Hall–Kier alpha value is -1.92. The van der Waals surface area contributed by atoms with Crippen LogP contribution in [0.1, 0.15) is 38.5 Å². The van der Waals surface area contributed by atoms with E-state index in [0.29, 0.717) is 5.82 Å². The van der Waals surface area contributed by atoms with Crippen LogP contribution in [0.5, 0.6) is 0 Å². The average molecular weight is 291 g/mol. The van der Waals surface area contributed by atoms with Gasteiger partial charge in [-0.15, -0.1) is 5.10 Å². The van der Waals surface area contributed by atoms with E-state index < -0.39 is 0 Å². The van der Waals surface area contributed by atoms with E-state index in [2.05, 4.69) is 15.6 Å². The Balaban J connectivity index is 1.52. The maximum Gasteiger partial charge on any atom is 0.244 e. The van der Waals surface area contributed by atoms with Crippen molar-refractivity contribution in [1.82, 2.24) is 19.9 Å². The Morgan fingerprint density at radius 3 is 2.62 bits per heavy atom. The van der Waals surface area contributed by atoms with Crippen LogP contribution in [-0.4, -0.2) is 44.8 Å². The van der Waals surface area contributed by atoms with Crippen molar-refractivity contribution in [2.45, 2.75) is 45.1 Å². The van der Waals surface area contributed by atoms with Crippen LogP contribution < -0.4 is 5.32 Å². The number of piperidine rings is 1. The molecule has 2 aliphatic rings. The topological polar surface area (TPSA) is 80.1 Å². The molecule has 21 heavy (non-hydrogen) atoms. The molecular formula is C14H21N5O2. The molecule has 2 heterocycles. The summed E-state index contributed by atoms with van der Waals surface area (Å²) in [5, 5.41) is 10.6. The van der Waals surface area contributed by atoms with Gasteiger partial charge < -0.3 is 10.2 Å².